The Morgan fingerprint density at radius 3 is 2.82 bits per heavy atom. The van der Waals surface area contributed by atoms with Gasteiger partial charge in [0, 0.05) is 18.0 Å². The predicted molar refractivity (Wildman–Crippen MR) is 51.2 cm³/mol. The van der Waals surface area contributed by atoms with Crippen molar-refractivity contribution in [3.8, 4) is 0 Å². The second-order valence-electron chi connectivity index (χ2n) is 3.19. The van der Waals surface area contributed by atoms with Crippen molar-refractivity contribution in [2.24, 2.45) is 5.92 Å². The van der Waals surface area contributed by atoms with Crippen LogP contribution in [0.2, 0.25) is 0 Å². The number of alkyl halides is 1. The Labute approximate surface area is 77.6 Å². The van der Waals surface area contributed by atoms with Crippen molar-refractivity contribution in [2.75, 3.05) is 13.2 Å². The molecule has 0 aromatic heterocycles. The van der Waals surface area contributed by atoms with Crippen LogP contribution in [0, 0.1) is 5.92 Å². The summed E-state index contributed by atoms with van der Waals surface area (Å²) < 4.78 is 5.26. The third-order valence-corrected chi connectivity index (χ3v) is 3.31. The van der Waals surface area contributed by atoms with Gasteiger partial charge in [-0.05, 0) is 38.5 Å². The van der Waals surface area contributed by atoms with Gasteiger partial charge in [-0.15, -0.1) is 0 Å². The lowest BCUT2D eigenvalue weighted by Gasteiger charge is -2.06. The van der Waals surface area contributed by atoms with E-state index in [4.69, 9.17) is 4.74 Å². The third kappa shape index (κ3) is 4.12. The lowest BCUT2D eigenvalue weighted by molar-refractivity contribution is 0.143. The van der Waals surface area contributed by atoms with E-state index in [2.05, 4.69) is 15.9 Å². The zero-order valence-electron chi connectivity index (χ0n) is 7.18. The highest BCUT2D eigenvalue weighted by atomic mass is 79.9. The molecule has 1 nitrogen and oxygen atoms in total. The minimum Gasteiger partial charge on any atom is -0.382 e. The van der Waals surface area contributed by atoms with Gasteiger partial charge in [0.05, 0.1) is 0 Å². The van der Waals surface area contributed by atoms with Gasteiger partial charge in [-0.3, -0.25) is 0 Å². The molecule has 0 radical (unpaired) electrons. The second kappa shape index (κ2) is 5.15. The molecule has 0 heterocycles. The summed E-state index contributed by atoms with van der Waals surface area (Å²) >= 11 is 3.70. The molecule has 0 aromatic carbocycles. The summed E-state index contributed by atoms with van der Waals surface area (Å²) in [6, 6.07) is 0. The van der Waals surface area contributed by atoms with Crippen LogP contribution < -0.4 is 0 Å². The normalized spacial score (nSPS) is 20.2. The van der Waals surface area contributed by atoms with Gasteiger partial charge in [-0.25, -0.2) is 0 Å². The second-order valence-corrected chi connectivity index (χ2v) is 4.37. The summed E-state index contributed by atoms with van der Waals surface area (Å²) in [6.07, 6.45) is 5.36. The van der Waals surface area contributed by atoms with Gasteiger partial charge in [0.25, 0.3) is 0 Å². The first-order valence-corrected chi connectivity index (χ1v) is 5.48. The third-order valence-electron chi connectivity index (χ3n) is 2.11. The molecule has 0 spiro atoms. The van der Waals surface area contributed by atoms with Crippen LogP contribution in [0.25, 0.3) is 0 Å². The lowest BCUT2D eigenvalue weighted by Crippen LogP contribution is -2.03. The maximum atomic E-state index is 5.26. The van der Waals surface area contributed by atoms with Crippen LogP contribution in [-0.2, 0) is 4.74 Å². The molecule has 1 aliphatic carbocycles. The Bertz CT molecular complexity index is 102. The molecule has 0 aliphatic heterocycles. The Morgan fingerprint density at radius 1 is 1.55 bits per heavy atom. The molecule has 1 saturated carbocycles. The van der Waals surface area contributed by atoms with Crippen molar-refractivity contribution in [1.82, 2.24) is 0 Å². The summed E-state index contributed by atoms with van der Waals surface area (Å²) in [5.41, 5.74) is 0. The SMILES string of the molecule is CCOCCCC(Br)C1CC1. The van der Waals surface area contributed by atoms with E-state index in [-0.39, 0.29) is 0 Å². The molecule has 1 rings (SSSR count). The molecule has 0 bridgehead atoms. The Kier molecular flexibility index (Phi) is 4.46. The van der Waals surface area contributed by atoms with Gasteiger partial charge in [-0.2, -0.15) is 0 Å². The minimum absolute atomic E-state index is 0.767. The van der Waals surface area contributed by atoms with Gasteiger partial charge in [0.1, 0.15) is 0 Å². The number of rotatable bonds is 6. The van der Waals surface area contributed by atoms with Crippen LogP contribution in [0.3, 0.4) is 0 Å². The number of ether oxygens (including phenoxy) is 1. The van der Waals surface area contributed by atoms with Crippen LogP contribution in [-0.4, -0.2) is 18.0 Å². The summed E-state index contributed by atoms with van der Waals surface area (Å²) in [5, 5.41) is 0. The van der Waals surface area contributed by atoms with E-state index in [0.29, 0.717) is 0 Å². The van der Waals surface area contributed by atoms with Gasteiger partial charge in [0.2, 0.25) is 0 Å². The molecule has 1 atom stereocenters. The van der Waals surface area contributed by atoms with Crippen LogP contribution in [0.4, 0.5) is 0 Å². The van der Waals surface area contributed by atoms with E-state index >= 15 is 0 Å². The molecule has 0 aromatic rings. The van der Waals surface area contributed by atoms with Gasteiger partial charge in [-0.1, -0.05) is 15.9 Å². The van der Waals surface area contributed by atoms with E-state index in [1.165, 1.54) is 25.7 Å². The van der Waals surface area contributed by atoms with E-state index < -0.39 is 0 Å². The quantitative estimate of drug-likeness (QED) is 0.495. The first kappa shape index (κ1) is 9.53. The monoisotopic (exact) mass is 220 g/mol. The Hall–Kier alpha value is 0.440. The molecule has 0 N–H and O–H groups in total. The maximum Gasteiger partial charge on any atom is 0.0466 e. The highest BCUT2D eigenvalue weighted by Gasteiger charge is 2.28. The summed E-state index contributed by atoms with van der Waals surface area (Å²) in [5.74, 6) is 0.983. The molecule has 1 aliphatic rings. The van der Waals surface area contributed by atoms with Crippen molar-refractivity contribution in [1.29, 1.82) is 0 Å². The molecule has 1 fully saturated rings. The van der Waals surface area contributed by atoms with E-state index in [9.17, 15) is 0 Å². The first-order valence-electron chi connectivity index (χ1n) is 4.56. The molecule has 0 saturated heterocycles. The fourth-order valence-electron chi connectivity index (χ4n) is 1.22. The van der Waals surface area contributed by atoms with E-state index in [1.54, 1.807) is 0 Å². The first-order chi connectivity index (χ1) is 5.34. The fourth-order valence-corrected chi connectivity index (χ4v) is 2.07. The maximum absolute atomic E-state index is 5.26. The van der Waals surface area contributed by atoms with Crippen LogP contribution in [0.1, 0.15) is 32.6 Å². The van der Waals surface area contributed by atoms with Crippen molar-refractivity contribution in [2.45, 2.75) is 37.4 Å². The molecule has 66 valence electrons. The summed E-state index contributed by atoms with van der Waals surface area (Å²) in [6.45, 7) is 3.84. The van der Waals surface area contributed by atoms with Gasteiger partial charge >= 0.3 is 0 Å². The van der Waals surface area contributed by atoms with Gasteiger partial charge < -0.3 is 4.74 Å². The zero-order valence-corrected chi connectivity index (χ0v) is 8.77. The number of hydrogen-bond donors (Lipinski definition) is 0. The average molecular weight is 221 g/mol. The Morgan fingerprint density at radius 2 is 2.27 bits per heavy atom. The smallest absolute Gasteiger partial charge is 0.0466 e. The van der Waals surface area contributed by atoms with Crippen LogP contribution >= 0.6 is 15.9 Å². The van der Waals surface area contributed by atoms with Crippen molar-refractivity contribution < 1.29 is 4.74 Å². The van der Waals surface area contributed by atoms with E-state index in [0.717, 1.165) is 24.0 Å². The van der Waals surface area contributed by atoms with E-state index in [1.807, 2.05) is 6.92 Å². The highest BCUT2D eigenvalue weighted by Crippen LogP contribution is 2.38. The largest absolute Gasteiger partial charge is 0.382 e. The Balaban J connectivity index is 1.85. The molecular weight excluding hydrogens is 204 g/mol. The fraction of sp³-hybridized carbons (Fsp3) is 1.00. The molecule has 11 heavy (non-hydrogen) atoms. The van der Waals surface area contributed by atoms with Gasteiger partial charge in [0.15, 0.2) is 0 Å². The van der Waals surface area contributed by atoms with Crippen molar-refractivity contribution in [3.05, 3.63) is 0 Å². The van der Waals surface area contributed by atoms with Crippen LogP contribution in [0.15, 0.2) is 0 Å². The molecule has 1 unspecified atom stereocenters. The summed E-state index contributed by atoms with van der Waals surface area (Å²) in [4.78, 5) is 0.767. The van der Waals surface area contributed by atoms with Crippen molar-refractivity contribution in [3.63, 3.8) is 0 Å². The standard InChI is InChI=1S/C9H17BrO/c1-2-11-7-3-4-9(10)8-5-6-8/h8-9H,2-7H2,1H3. The minimum atomic E-state index is 0.767. The summed E-state index contributed by atoms with van der Waals surface area (Å²) in [7, 11) is 0. The van der Waals surface area contributed by atoms with Crippen molar-refractivity contribution >= 4 is 15.9 Å². The number of hydrogen-bond acceptors (Lipinski definition) is 1. The zero-order chi connectivity index (χ0) is 8.10. The molecular formula is C9H17BrO. The predicted octanol–water partition coefficient (Wildman–Crippen LogP) is 2.98. The average Bonchev–Trinajstić information content (AvgIpc) is 2.79. The highest BCUT2D eigenvalue weighted by molar-refractivity contribution is 9.09. The number of halogens is 1. The topological polar surface area (TPSA) is 9.23 Å². The van der Waals surface area contributed by atoms with Crippen LogP contribution in [0.5, 0.6) is 0 Å². The lowest BCUT2D eigenvalue weighted by atomic mass is 10.2. The molecule has 2 heteroatoms. The molecule has 0 amide bonds.